The van der Waals surface area contributed by atoms with Gasteiger partial charge in [-0.25, -0.2) is 4.39 Å². The summed E-state index contributed by atoms with van der Waals surface area (Å²) in [5.41, 5.74) is -0.983. The van der Waals surface area contributed by atoms with E-state index in [-0.39, 0.29) is 5.92 Å². The highest BCUT2D eigenvalue weighted by Crippen LogP contribution is 2.26. The number of hydrogen-bond donors (Lipinski definition) is 0. The van der Waals surface area contributed by atoms with Crippen LogP contribution in [0.3, 0.4) is 0 Å². The summed E-state index contributed by atoms with van der Waals surface area (Å²) < 4.78 is 13.1. The molecule has 0 unspecified atom stereocenters. The highest BCUT2D eigenvalue weighted by molar-refractivity contribution is 4.74. The average Bonchev–Trinajstić information content (AvgIpc) is 1.65. The molecular weight excluding hydrogens is 115 g/mol. The van der Waals surface area contributed by atoms with Crippen LogP contribution in [0, 0.1) is 5.92 Å². The lowest BCUT2D eigenvalue weighted by Gasteiger charge is -2.23. The van der Waals surface area contributed by atoms with Crippen LogP contribution >= 0.6 is 0 Å². The second-order valence-corrected chi connectivity index (χ2v) is 3.08. The lowest BCUT2D eigenvalue weighted by atomic mass is 9.88. The van der Waals surface area contributed by atoms with E-state index < -0.39 is 5.67 Å². The van der Waals surface area contributed by atoms with Crippen molar-refractivity contribution >= 4 is 0 Å². The maximum atomic E-state index is 13.1. The van der Waals surface area contributed by atoms with Crippen LogP contribution in [0.15, 0.2) is 0 Å². The standard InChI is InChI=1S/C8H17F/c1-5-7(6-2)8(3,4)9/h7H,5-6H2,1-4H3. The molecule has 0 aromatic carbocycles. The summed E-state index contributed by atoms with van der Waals surface area (Å²) in [5, 5.41) is 0. The zero-order valence-corrected chi connectivity index (χ0v) is 6.87. The maximum Gasteiger partial charge on any atom is 0.108 e. The van der Waals surface area contributed by atoms with Crippen LogP contribution in [-0.4, -0.2) is 5.67 Å². The van der Waals surface area contributed by atoms with Crippen molar-refractivity contribution in [2.45, 2.75) is 46.2 Å². The van der Waals surface area contributed by atoms with Gasteiger partial charge in [0.2, 0.25) is 0 Å². The molecule has 0 aliphatic heterocycles. The van der Waals surface area contributed by atoms with Gasteiger partial charge in [0.25, 0.3) is 0 Å². The molecule has 0 aromatic heterocycles. The minimum atomic E-state index is -0.983. The lowest BCUT2D eigenvalue weighted by molar-refractivity contribution is 0.118. The third-order valence-electron chi connectivity index (χ3n) is 1.96. The SMILES string of the molecule is CCC(CC)C(C)(C)F. The smallest absolute Gasteiger partial charge is 0.108 e. The van der Waals surface area contributed by atoms with E-state index in [1.807, 2.05) is 13.8 Å². The largest absolute Gasteiger partial charge is 0.244 e. The summed E-state index contributed by atoms with van der Waals surface area (Å²) in [6, 6.07) is 0. The van der Waals surface area contributed by atoms with Crippen molar-refractivity contribution in [3.8, 4) is 0 Å². The third-order valence-corrected chi connectivity index (χ3v) is 1.96. The van der Waals surface area contributed by atoms with Crippen LogP contribution in [0.1, 0.15) is 40.5 Å². The fourth-order valence-electron chi connectivity index (χ4n) is 1.26. The fourth-order valence-corrected chi connectivity index (χ4v) is 1.26. The monoisotopic (exact) mass is 132 g/mol. The zero-order chi connectivity index (χ0) is 7.49. The molecule has 0 aliphatic rings. The van der Waals surface area contributed by atoms with Crippen LogP contribution in [-0.2, 0) is 0 Å². The predicted octanol–water partition coefficient (Wildman–Crippen LogP) is 3.17. The van der Waals surface area contributed by atoms with Gasteiger partial charge in [-0.2, -0.15) is 0 Å². The molecule has 0 aromatic rings. The van der Waals surface area contributed by atoms with E-state index in [9.17, 15) is 4.39 Å². The van der Waals surface area contributed by atoms with Gasteiger partial charge in [0.1, 0.15) is 5.67 Å². The highest BCUT2D eigenvalue weighted by atomic mass is 19.1. The molecule has 0 saturated heterocycles. The number of halogens is 1. The van der Waals surface area contributed by atoms with E-state index in [0.717, 1.165) is 12.8 Å². The Morgan fingerprint density at radius 1 is 1.22 bits per heavy atom. The van der Waals surface area contributed by atoms with Crippen molar-refractivity contribution in [1.29, 1.82) is 0 Å². The molecule has 56 valence electrons. The Labute approximate surface area is 57.5 Å². The Kier molecular flexibility index (Phi) is 3.16. The van der Waals surface area contributed by atoms with E-state index in [2.05, 4.69) is 0 Å². The minimum absolute atomic E-state index is 0.234. The molecule has 0 rings (SSSR count). The summed E-state index contributed by atoms with van der Waals surface area (Å²) >= 11 is 0. The van der Waals surface area contributed by atoms with E-state index in [0.29, 0.717) is 0 Å². The molecule has 0 spiro atoms. The van der Waals surface area contributed by atoms with Crippen LogP contribution in [0.4, 0.5) is 4.39 Å². The van der Waals surface area contributed by atoms with Crippen molar-refractivity contribution in [1.82, 2.24) is 0 Å². The van der Waals surface area contributed by atoms with E-state index in [1.165, 1.54) is 0 Å². The molecule has 0 nitrogen and oxygen atoms in total. The van der Waals surface area contributed by atoms with Crippen LogP contribution < -0.4 is 0 Å². The molecule has 0 bridgehead atoms. The first-order chi connectivity index (χ1) is 4.02. The Bertz CT molecular complexity index is 67.1. The minimum Gasteiger partial charge on any atom is -0.244 e. The van der Waals surface area contributed by atoms with Crippen LogP contribution in [0.25, 0.3) is 0 Å². The van der Waals surface area contributed by atoms with Gasteiger partial charge in [-0.15, -0.1) is 0 Å². The number of rotatable bonds is 3. The Hall–Kier alpha value is -0.0700. The van der Waals surface area contributed by atoms with Gasteiger partial charge in [0.15, 0.2) is 0 Å². The number of alkyl halides is 1. The van der Waals surface area contributed by atoms with Gasteiger partial charge >= 0.3 is 0 Å². The first-order valence-electron chi connectivity index (χ1n) is 3.71. The maximum absolute atomic E-state index is 13.1. The van der Waals surface area contributed by atoms with Crippen molar-refractivity contribution < 1.29 is 4.39 Å². The van der Waals surface area contributed by atoms with E-state index in [1.54, 1.807) is 13.8 Å². The zero-order valence-electron chi connectivity index (χ0n) is 6.87. The molecule has 1 heteroatoms. The van der Waals surface area contributed by atoms with E-state index in [4.69, 9.17) is 0 Å². The van der Waals surface area contributed by atoms with Crippen LogP contribution in [0.2, 0.25) is 0 Å². The Balaban J connectivity index is 3.79. The predicted molar refractivity (Wildman–Crippen MR) is 39.3 cm³/mol. The summed E-state index contributed by atoms with van der Waals surface area (Å²) in [5.74, 6) is 0.234. The summed E-state index contributed by atoms with van der Waals surface area (Å²) in [4.78, 5) is 0. The van der Waals surface area contributed by atoms with Crippen molar-refractivity contribution in [2.24, 2.45) is 5.92 Å². The molecule has 9 heavy (non-hydrogen) atoms. The molecule has 0 saturated carbocycles. The van der Waals surface area contributed by atoms with Crippen LogP contribution in [0.5, 0.6) is 0 Å². The molecule has 0 aliphatic carbocycles. The van der Waals surface area contributed by atoms with Crippen molar-refractivity contribution in [3.05, 3.63) is 0 Å². The van der Waals surface area contributed by atoms with Gasteiger partial charge in [0, 0.05) is 0 Å². The second kappa shape index (κ2) is 3.19. The quantitative estimate of drug-likeness (QED) is 0.553. The topological polar surface area (TPSA) is 0 Å². The second-order valence-electron chi connectivity index (χ2n) is 3.08. The molecule has 0 amide bonds. The third kappa shape index (κ3) is 2.83. The Morgan fingerprint density at radius 2 is 1.56 bits per heavy atom. The first-order valence-corrected chi connectivity index (χ1v) is 3.71. The van der Waals surface area contributed by atoms with Gasteiger partial charge < -0.3 is 0 Å². The van der Waals surface area contributed by atoms with Gasteiger partial charge in [0.05, 0.1) is 0 Å². The van der Waals surface area contributed by atoms with Gasteiger partial charge in [-0.3, -0.25) is 0 Å². The average molecular weight is 132 g/mol. The fraction of sp³-hybridized carbons (Fsp3) is 1.00. The number of hydrogen-bond acceptors (Lipinski definition) is 0. The summed E-state index contributed by atoms with van der Waals surface area (Å²) in [6.07, 6.45) is 1.89. The van der Waals surface area contributed by atoms with Crippen molar-refractivity contribution in [2.75, 3.05) is 0 Å². The lowest BCUT2D eigenvalue weighted by Crippen LogP contribution is -2.24. The van der Waals surface area contributed by atoms with Gasteiger partial charge in [-0.1, -0.05) is 26.7 Å². The molecule has 0 atom stereocenters. The first kappa shape index (κ1) is 8.93. The summed E-state index contributed by atoms with van der Waals surface area (Å²) in [6.45, 7) is 7.39. The molecule has 0 N–H and O–H groups in total. The van der Waals surface area contributed by atoms with Gasteiger partial charge in [-0.05, 0) is 19.8 Å². The molecule has 0 fully saturated rings. The van der Waals surface area contributed by atoms with Crippen molar-refractivity contribution in [3.63, 3.8) is 0 Å². The molecule has 0 heterocycles. The van der Waals surface area contributed by atoms with E-state index >= 15 is 0 Å². The Morgan fingerprint density at radius 3 is 1.56 bits per heavy atom. The molecule has 0 radical (unpaired) electrons. The highest BCUT2D eigenvalue weighted by Gasteiger charge is 2.25. The molecular formula is C8H17F. The normalized spacial score (nSPS) is 12.7. The summed E-state index contributed by atoms with van der Waals surface area (Å²) in [7, 11) is 0.